The first-order chi connectivity index (χ1) is 11.0. The predicted octanol–water partition coefficient (Wildman–Crippen LogP) is 2.83. The summed E-state index contributed by atoms with van der Waals surface area (Å²) < 4.78 is 0. The van der Waals surface area contributed by atoms with Crippen LogP contribution in [0.25, 0.3) is 0 Å². The van der Waals surface area contributed by atoms with Crippen molar-refractivity contribution in [1.29, 1.82) is 0 Å². The number of carbonyl (C=O) groups excluding carboxylic acids is 1. The first-order valence-corrected chi connectivity index (χ1v) is 7.88. The molecule has 1 unspecified atom stereocenters. The van der Waals surface area contributed by atoms with Crippen molar-refractivity contribution in [3.63, 3.8) is 0 Å². The topological polar surface area (TPSA) is 58.4 Å². The lowest BCUT2D eigenvalue weighted by atomic mass is 10.1. The minimum absolute atomic E-state index is 0.0102. The maximum Gasteiger partial charge on any atom is 0.251 e. The molecule has 0 fully saturated rings. The van der Waals surface area contributed by atoms with E-state index in [2.05, 4.69) is 5.32 Å². The molecule has 122 valence electrons. The predicted molar refractivity (Wildman–Crippen MR) is 94.5 cm³/mol. The molecule has 0 aromatic heterocycles. The van der Waals surface area contributed by atoms with Crippen molar-refractivity contribution in [2.45, 2.75) is 12.6 Å². The lowest BCUT2D eigenvalue weighted by Gasteiger charge is -2.26. The van der Waals surface area contributed by atoms with Gasteiger partial charge in [0.2, 0.25) is 0 Å². The Hall–Kier alpha value is -1.88. The number of hydrogen-bond donors (Lipinski definition) is 2. The minimum atomic E-state index is -0.104. The Morgan fingerprint density at radius 1 is 1.17 bits per heavy atom. The molecule has 0 heterocycles. The molecule has 1 atom stereocenters. The second kappa shape index (κ2) is 8.11. The largest absolute Gasteiger partial charge is 0.350 e. The number of nitrogens with two attached hydrogens (primary N) is 1. The van der Waals surface area contributed by atoms with Crippen LogP contribution in [0.5, 0.6) is 0 Å². The van der Waals surface area contributed by atoms with E-state index in [1.165, 1.54) is 0 Å². The summed E-state index contributed by atoms with van der Waals surface area (Å²) in [4.78, 5) is 14.3. The van der Waals surface area contributed by atoms with Crippen LogP contribution in [0.4, 0.5) is 0 Å². The first kappa shape index (κ1) is 17.5. The van der Waals surface area contributed by atoms with Crippen molar-refractivity contribution in [3.8, 4) is 0 Å². The number of hydrogen-bond acceptors (Lipinski definition) is 3. The molecule has 0 saturated heterocycles. The summed E-state index contributed by atoms with van der Waals surface area (Å²) >= 11 is 6.28. The molecular weight excluding hydrogens is 310 g/mol. The van der Waals surface area contributed by atoms with Crippen molar-refractivity contribution < 1.29 is 4.79 Å². The Kier molecular flexibility index (Phi) is 6.16. The average Bonchev–Trinajstić information content (AvgIpc) is 2.56. The summed E-state index contributed by atoms with van der Waals surface area (Å²) in [6, 6.07) is 15.0. The molecule has 5 heteroatoms. The van der Waals surface area contributed by atoms with Gasteiger partial charge in [0, 0.05) is 23.7 Å². The fourth-order valence-electron chi connectivity index (χ4n) is 2.40. The molecule has 0 saturated carbocycles. The van der Waals surface area contributed by atoms with Gasteiger partial charge >= 0.3 is 0 Å². The molecule has 0 radical (unpaired) electrons. The molecular formula is C18H22ClN3O. The Labute approximate surface area is 142 Å². The van der Waals surface area contributed by atoms with E-state index in [4.69, 9.17) is 17.3 Å². The summed E-state index contributed by atoms with van der Waals surface area (Å²) in [5, 5.41) is 3.67. The zero-order valence-electron chi connectivity index (χ0n) is 13.4. The highest BCUT2D eigenvalue weighted by molar-refractivity contribution is 6.31. The van der Waals surface area contributed by atoms with Gasteiger partial charge in [-0.25, -0.2) is 0 Å². The summed E-state index contributed by atoms with van der Waals surface area (Å²) in [5.41, 5.74) is 8.19. The molecule has 0 bridgehead atoms. The minimum Gasteiger partial charge on any atom is -0.350 e. The Morgan fingerprint density at radius 2 is 1.83 bits per heavy atom. The van der Waals surface area contributed by atoms with Crippen LogP contribution in [0.3, 0.4) is 0 Å². The first-order valence-electron chi connectivity index (χ1n) is 7.51. The van der Waals surface area contributed by atoms with Crippen LogP contribution in [0.15, 0.2) is 48.5 Å². The maximum atomic E-state index is 12.3. The van der Waals surface area contributed by atoms with E-state index >= 15 is 0 Å². The van der Waals surface area contributed by atoms with Crippen LogP contribution in [0.2, 0.25) is 5.02 Å². The Bertz CT molecular complexity index is 656. The highest BCUT2D eigenvalue weighted by Gasteiger charge is 2.18. The van der Waals surface area contributed by atoms with E-state index in [1.54, 1.807) is 12.1 Å². The van der Waals surface area contributed by atoms with Crippen LogP contribution in [0.1, 0.15) is 27.5 Å². The molecule has 23 heavy (non-hydrogen) atoms. The van der Waals surface area contributed by atoms with Crippen molar-refractivity contribution in [2.24, 2.45) is 5.73 Å². The summed E-state index contributed by atoms with van der Waals surface area (Å²) in [5.74, 6) is -0.104. The standard InChI is InChI=1S/C18H22ClN3O/c1-22(2)17(15-5-3-4-6-16(15)19)12-21-18(23)14-9-7-13(11-20)8-10-14/h3-10,17H,11-12,20H2,1-2H3,(H,21,23). The number of likely N-dealkylation sites (N-methyl/N-ethyl adjacent to an activating group) is 1. The highest BCUT2D eigenvalue weighted by atomic mass is 35.5. The van der Waals surface area contributed by atoms with Crippen LogP contribution in [-0.4, -0.2) is 31.4 Å². The lowest BCUT2D eigenvalue weighted by molar-refractivity contribution is 0.0942. The van der Waals surface area contributed by atoms with Gasteiger partial charge in [-0.15, -0.1) is 0 Å². The second-order valence-corrected chi connectivity index (χ2v) is 6.02. The number of benzene rings is 2. The van der Waals surface area contributed by atoms with Gasteiger partial charge < -0.3 is 16.0 Å². The van der Waals surface area contributed by atoms with Crippen LogP contribution in [0, 0.1) is 0 Å². The van der Waals surface area contributed by atoms with Gasteiger partial charge in [-0.2, -0.15) is 0 Å². The monoisotopic (exact) mass is 331 g/mol. The summed E-state index contributed by atoms with van der Waals surface area (Å²) in [6.45, 7) is 0.950. The number of halogens is 1. The SMILES string of the molecule is CN(C)C(CNC(=O)c1ccc(CN)cc1)c1ccccc1Cl. The van der Waals surface area contributed by atoms with Gasteiger partial charge in [0.15, 0.2) is 0 Å². The fraction of sp³-hybridized carbons (Fsp3) is 0.278. The van der Waals surface area contributed by atoms with E-state index in [9.17, 15) is 4.79 Å². The Balaban J connectivity index is 2.06. The molecule has 0 spiro atoms. The third-order valence-corrected chi connectivity index (χ3v) is 4.14. The second-order valence-electron chi connectivity index (χ2n) is 5.61. The zero-order valence-corrected chi connectivity index (χ0v) is 14.2. The van der Waals surface area contributed by atoms with E-state index in [-0.39, 0.29) is 11.9 Å². The molecule has 1 amide bonds. The molecule has 2 aromatic rings. The zero-order chi connectivity index (χ0) is 16.8. The quantitative estimate of drug-likeness (QED) is 0.855. The average molecular weight is 332 g/mol. The van der Waals surface area contributed by atoms with Crippen molar-refractivity contribution >= 4 is 17.5 Å². The van der Waals surface area contributed by atoms with Gasteiger partial charge in [-0.3, -0.25) is 4.79 Å². The number of nitrogens with one attached hydrogen (secondary N) is 1. The summed E-state index contributed by atoms with van der Waals surface area (Å²) in [6.07, 6.45) is 0. The maximum absolute atomic E-state index is 12.3. The number of nitrogens with zero attached hydrogens (tertiary/aromatic N) is 1. The highest BCUT2D eigenvalue weighted by Crippen LogP contribution is 2.25. The van der Waals surface area contributed by atoms with Crippen molar-refractivity contribution in [1.82, 2.24) is 10.2 Å². The fourth-order valence-corrected chi connectivity index (χ4v) is 2.66. The molecule has 0 aliphatic heterocycles. The molecule has 4 nitrogen and oxygen atoms in total. The van der Waals surface area contributed by atoms with Crippen LogP contribution < -0.4 is 11.1 Å². The third kappa shape index (κ3) is 4.55. The smallest absolute Gasteiger partial charge is 0.251 e. The van der Waals surface area contributed by atoms with Gasteiger partial charge in [-0.1, -0.05) is 41.9 Å². The third-order valence-electron chi connectivity index (χ3n) is 3.80. The number of amides is 1. The van der Waals surface area contributed by atoms with Gasteiger partial charge in [0.25, 0.3) is 5.91 Å². The van der Waals surface area contributed by atoms with Crippen molar-refractivity contribution in [3.05, 3.63) is 70.2 Å². The number of carbonyl (C=O) groups is 1. The molecule has 0 aliphatic carbocycles. The Morgan fingerprint density at radius 3 is 2.39 bits per heavy atom. The van der Waals surface area contributed by atoms with E-state index in [1.807, 2.05) is 55.4 Å². The molecule has 0 aliphatic rings. The molecule has 2 aromatic carbocycles. The normalized spacial score (nSPS) is 12.2. The van der Waals surface area contributed by atoms with Gasteiger partial charge in [0.1, 0.15) is 0 Å². The molecule has 2 rings (SSSR count). The van der Waals surface area contributed by atoms with Gasteiger partial charge in [0.05, 0.1) is 6.04 Å². The van der Waals surface area contributed by atoms with E-state index < -0.39 is 0 Å². The lowest BCUT2D eigenvalue weighted by Crippen LogP contribution is -2.34. The van der Waals surface area contributed by atoms with Crippen molar-refractivity contribution in [2.75, 3.05) is 20.6 Å². The van der Waals surface area contributed by atoms with Gasteiger partial charge in [-0.05, 0) is 43.4 Å². The van der Waals surface area contributed by atoms with E-state index in [0.29, 0.717) is 23.7 Å². The number of rotatable bonds is 6. The van der Waals surface area contributed by atoms with Crippen LogP contribution in [-0.2, 0) is 6.54 Å². The molecule has 3 N–H and O–H groups in total. The van der Waals surface area contributed by atoms with Crippen LogP contribution >= 0.6 is 11.6 Å². The summed E-state index contributed by atoms with van der Waals surface area (Å²) in [7, 11) is 3.94. The van der Waals surface area contributed by atoms with E-state index in [0.717, 1.165) is 11.1 Å².